The first-order chi connectivity index (χ1) is 21.3. The summed E-state index contributed by atoms with van der Waals surface area (Å²) in [5, 5.41) is 3.84. The maximum Gasteiger partial charge on any atom is 0.264 e. The minimum atomic E-state index is -4.22. The number of anilines is 1. The lowest BCUT2D eigenvalue weighted by molar-refractivity contribution is -0.140. The Morgan fingerprint density at radius 2 is 1.47 bits per heavy atom. The van der Waals surface area contributed by atoms with Crippen LogP contribution in [0, 0.1) is 13.8 Å². The molecule has 0 spiro atoms. The van der Waals surface area contributed by atoms with Crippen LogP contribution in [0.4, 0.5) is 5.69 Å². The van der Waals surface area contributed by atoms with E-state index in [-0.39, 0.29) is 35.5 Å². The van der Waals surface area contributed by atoms with E-state index in [4.69, 9.17) is 23.2 Å². The highest BCUT2D eigenvalue weighted by molar-refractivity contribution is 7.92. The Balaban J connectivity index is 1.82. The van der Waals surface area contributed by atoms with Gasteiger partial charge in [-0.25, -0.2) is 8.42 Å². The molecule has 2 amide bonds. The van der Waals surface area contributed by atoms with Gasteiger partial charge < -0.3 is 10.2 Å². The maximum atomic E-state index is 14.5. The van der Waals surface area contributed by atoms with Gasteiger partial charge in [-0.3, -0.25) is 13.9 Å². The number of carbonyl (C=O) groups is 2. The molecular weight excluding hydrogens is 629 g/mol. The lowest BCUT2D eigenvalue weighted by Crippen LogP contribution is -2.54. The second-order valence-electron chi connectivity index (χ2n) is 11.3. The smallest absolute Gasteiger partial charge is 0.264 e. The highest BCUT2D eigenvalue weighted by Crippen LogP contribution is 2.29. The molecular formula is C35H37Cl2N3O4S. The van der Waals surface area contributed by atoms with Crippen LogP contribution in [0.2, 0.25) is 10.0 Å². The van der Waals surface area contributed by atoms with Crippen molar-refractivity contribution >= 4 is 50.7 Å². The summed E-state index contributed by atoms with van der Waals surface area (Å²) in [6.45, 7) is 6.85. The van der Waals surface area contributed by atoms with Crippen LogP contribution in [0.3, 0.4) is 0 Å². The topological polar surface area (TPSA) is 86.8 Å². The molecule has 1 atom stereocenters. The fourth-order valence-electron chi connectivity index (χ4n) is 4.82. The number of carbonyl (C=O) groups excluding carboxylic acids is 2. The number of hydrogen-bond donors (Lipinski definition) is 1. The minimum absolute atomic E-state index is 0.0280. The third-order valence-corrected chi connectivity index (χ3v) is 9.75. The Kier molecular flexibility index (Phi) is 11.3. The van der Waals surface area contributed by atoms with E-state index >= 15 is 0 Å². The molecule has 0 aliphatic carbocycles. The SMILES string of the molecule is Cc1ccc(S(=O)(=O)N(CC(=O)N(Cc2ccc(Cl)cc2)C(Cc2ccccc2)C(=O)NC(C)C)c2ccc(C)c(Cl)c2)cc1. The number of halogens is 2. The highest BCUT2D eigenvalue weighted by atomic mass is 35.5. The third-order valence-electron chi connectivity index (χ3n) is 7.30. The minimum Gasteiger partial charge on any atom is -0.352 e. The van der Waals surface area contributed by atoms with Gasteiger partial charge in [0.05, 0.1) is 10.6 Å². The summed E-state index contributed by atoms with van der Waals surface area (Å²) in [5.74, 6) is -0.903. The van der Waals surface area contributed by atoms with Crippen molar-refractivity contribution in [3.05, 3.63) is 129 Å². The zero-order valence-electron chi connectivity index (χ0n) is 25.7. The molecule has 0 saturated heterocycles. The number of nitrogens with zero attached hydrogens (tertiary/aromatic N) is 2. The van der Waals surface area contributed by atoms with Gasteiger partial charge in [-0.2, -0.15) is 0 Å². The monoisotopic (exact) mass is 665 g/mol. The fraction of sp³-hybridized carbons (Fsp3) is 0.257. The molecule has 7 nitrogen and oxygen atoms in total. The number of hydrogen-bond acceptors (Lipinski definition) is 4. The predicted molar refractivity (Wildman–Crippen MR) is 181 cm³/mol. The van der Waals surface area contributed by atoms with Crippen LogP contribution in [-0.2, 0) is 32.6 Å². The summed E-state index contributed by atoms with van der Waals surface area (Å²) in [5.41, 5.74) is 3.47. The van der Waals surface area contributed by atoms with E-state index in [1.807, 2.05) is 58.0 Å². The zero-order chi connectivity index (χ0) is 32.7. The molecule has 1 N–H and O–H groups in total. The number of rotatable bonds is 12. The van der Waals surface area contributed by atoms with E-state index in [0.717, 1.165) is 26.6 Å². The van der Waals surface area contributed by atoms with E-state index < -0.39 is 28.5 Å². The van der Waals surface area contributed by atoms with Gasteiger partial charge in [-0.15, -0.1) is 0 Å². The Morgan fingerprint density at radius 1 is 0.822 bits per heavy atom. The third kappa shape index (κ3) is 8.87. The van der Waals surface area contributed by atoms with Gasteiger partial charge in [0.1, 0.15) is 12.6 Å². The average molecular weight is 667 g/mol. The summed E-state index contributed by atoms with van der Waals surface area (Å²) < 4.78 is 29.4. The first-order valence-electron chi connectivity index (χ1n) is 14.6. The van der Waals surface area contributed by atoms with Gasteiger partial charge in [0.25, 0.3) is 10.0 Å². The number of aryl methyl sites for hydroxylation is 2. The Labute approximate surface area is 275 Å². The Bertz CT molecular complexity index is 1730. The molecule has 0 fully saturated rings. The van der Waals surface area contributed by atoms with Gasteiger partial charge in [-0.05, 0) is 80.8 Å². The van der Waals surface area contributed by atoms with Crippen LogP contribution in [0.15, 0.2) is 102 Å². The molecule has 4 rings (SSSR count). The summed E-state index contributed by atoms with van der Waals surface area (Å²) >= 11 is 12.6. The normalized spacial score (nSPS) is 12.1. The first kappa shape index (κ1) is 34.0. The van der Waals surface area contributed by atoms with Crippen LogP contribution in [0.25, 0.3) is 0 Å². The largest absolute Gasteiger partial charge is 0.352 e. The second-order valence-corrected chi connectivity index (χ2v) is 14.0. The summed E-state index contributed by atoms with van der Waals surface area (Å²) in [4.78, 5) is 29.7. The van der Waals surface area contributed by atoms with Crippen molar-refractivity contribution in [1.29, 1.82) is 0 Å². The predicted octanol–water partition coefficient (Wildman–Crippen LogP) is 6.97. The van der Waals surface area contributed by atoms with Crippen LogP contribution >= 0.6 is 23.2 Å². The first-order valence-corrected chi connectivity index (χ1v) is 16.8. The van der Waals surface area contributed by atoms with Gasteiger partial charge in [-0.1, -0.05) is 89.4 Å². The molecule has 236 valence electrons. The second kappa shape index (κ2) is 15.0. The molecule has 0 aliphatic rings. The van der Waals surface area contributed by atoms with Crippen LogP contribution in [0.5, 0.6) is 0 Å². The van der Waals surface area contributed by atoms with Crippen LogP contribution < -0.4 is 9.62 Å². The molecule has 4 aromatic carbocycles. The van der Waals surface area contributed by atoms with E-state index in [0.29, 0.717) is 10.0 Å². The van der Waals surface area contributed by atoms with Crippen molar-refractivity contribution in [2.45, 2.75) is 57.6 Å². The molecule has 0 aliphatic heterocycles. The van der Waals surface area contributed by atoms with Crippen molar-refractivity contribution in [3.63, 3.8) is 0 Å². The van der Waals surface area contributed by atoms with Crippen molar-refractivity contribution < 1.29 is 18.0 Å². The van der Waals surface area contributed by atoms with E-state index in [2.05, 4.69) is 5.32 Å². The summed E-state index contributed by atoms with van der Waals surface area (Å²) in [6.07, 6.45) is 0.222. The molecule has 0 saturated carbocycles. The standard InChI is InChI=1S/C35H37Cl2N3O4S/c1-24(2)38-35(42)33(20-27-8-6-5-7-9-27)39(22-28-13-15-29(36)16-14-28)34(41)23-40(30-17-12-26(4)32(37)21-30)45(43,44)31-18-10-25(3)11-19-31/h5-19,21,24,33H,20,22-23H2,1-4H3,(H,38,42). The Morgan fingerprint density at radius 3 is 2.07 bits per heavy atom. The molecule has 45 heavy (non-hydrogen) atoms. The average Bonchev–Trinajstić information content (AvgIpc) is 3.00. The van der Waals surface area contributed by atoms with Crippen LogP contribution in [-0.4, -0.2) is 43.8 Å². The summed E-state index contributed by atoms with van der Waals surface area (Å²) in [7, 11) is -4.22. The molecule has 10 heteroatoms. The lowest BCUT2D eigenvalue weighted by Gasteiger charge is -2.34. The zero-order valence-corrected chi connectivity index (χ0v) is 28.0. The molecule has 1 unspecified atom stereocenters. The molecule has 0 bridgehead atoms. The van der Waals surface area contributed by atoms with Crippen molar-refractivity contribution in [2.75, 3.05) is 10.8 Å². The van der Waals surface area contributed by atoms with Gasteiger partial charge in [0.15, 0.2) is 0 Å². The van der Waals surface area contributed by atoms with E-state index in [1.54, 1.807) is 48.5 Å². The van der Waals surface area contributed by atoms with Gasteiger partial charge >= 0.3 is 0 Å². The molecule has 4 aromatic rings. The maximum absolute atomic E-state index is 14.5. The lowest BCUT2D eigenvalue weighted by atomic mass is 10.0. The number of sulfonamides is 1. The van der Waals surface area contributed by atoms with E-state index in [9.17, 15) is 18.0 Å². The molecule has 0 heterocycles. The Hall–Kier alpha value is -3.85. The number of nitrogens with one attached hydrogen (secondary N) is 1. The highest BCUT2D eigenvalue weighted by Gasteiger charge is 2.35. The molecule has 0 radical (unpaired) electrons. The fourth-order valence-corrected chi connectivity index (χ4v) is 6.53. The number of amides is 2. The van der Waals surface area contributed by atoms with Crippen molar-refractivity contribution in [3.8, 4) is 0 Å². The van der Waals surface area contributed by atoms with Crippen molar-refractivity contribution in [2.24, 2.45) is 0 Å². The van der Waals surface area contributed by atoms with Crippen molar-refractivity contribution in [1.82, 2.24) is 10.2 Å². The summed E-state index contributed by atoms with van der Waals surface area (Å²) in [6, 6.07) is 26.6. The van der Waals surface area contributed by atoms with Gasteiger partial charge in [0, 0.05) is 29.1 Å². The quantitative estimate of drug-likeness (QED) is 0.177. The number of benzene rings is 4. The molecule has 0 aromatic heterocycles. The van der Waals surface area contributed by atoms with Crippen LogP contribution in [0.1, 0.15) is 36.1 Å². The van der Waals surface area contributed by atoms with Gasteiger partial charge in [0.2, 0.25) is 11.8 Å². The van der Waals surface area contributed by atoms with E-state index in [1.165, 1.54) is 23.1 Å².